The van der Waals surface area contributed by atoms with Crippen LogP contribution in [-0.4, -0.2) is 49.6 Å². The lowest BCUT2D eigenvalue weighted by atomic mass is 10.0. The summed E-state index contributed by atoms with van der Waals surface area (Å²) < 4.78 is 5.26. The zero-order valence-corrected chi connectivity index (χ0v) is 11.0. The van der Waals surface area contributed by atoms with Gasteiger partial charge in [0.25, 0.3) is 0 Å². The molecule has 0 aromatic heterocycles. The summed E-state index contributed by atoms with van der Waals surface area (Å²) in [5.41, 5.74) is 1.02. The van der Waals surface area contributed by atoms with Gasteiger partial charge in [-0.15, -0.1) is 0 Å². The molecule has 1 aliphatic rings. The molecule has 1 aromatic carbocycles. The summed E-state index contributed by atoms with van der Waals surface area (Å²) in [6.07, 6.45) is -0.242. The second-order valence-electron chi connectivity index (χ2n) is 5.01. The zero-order chi connectivity index (χ0) is 13.0. The van der Waals surface area contributed by atoms with Gasteiger partial charge in [0.15, 0.2) is 0 Å². The predicted octanol–water partition coefficient (Wildman–Crippen LogP) is 1.82. The number of likely N-dealkylation sites (tertiary alicyclic amines) is 1. The highest BCUT2D eigenvalue weighted by Crippen LogP contribution is 2.14. The first-order chi connectivity index (χ1) is 8.65. The number of hydrogen-bond acceptors (Lipinski definition) is 3. The fraction of sp³-hybridized carbons (Fsp3) is 0.500. The van der Waals surface area contributed by atoms with Crippen LogP contribution in [0.3, 0.4) is 0 Å². The molecule has 0 aliphatic carbocycles. The Morgan fingerprint density at radius 1 is 1.39 bits per heavy atom. The molecule has 0 radical (unpaired) electrons. The first kappa shape index (κ1) is 12.9. The number of carbonyl (C=O) groups is 1. The molecular weight excluding hydrogens is 228 g/mol. The van der Waals surface area contributed by atoms with Crippen molar-refractivity contribution in [2.24, 2.45) is 5.92 Å². The van der Waals surface area contributed by atoms with Crippen molar-refractivity contribution in [3.05, 3.63) is 35.9 Å². The summed E-state index contributed by atoms with van der Waals surface area (Å²) in [4.78, 5) is 15.7. The third-order valence-electron chi connectivity index (χ3n) is 3.19. The molecule has 0 saturated carbocycles. The number of rotatable bonds is 4. The molecule has 1 aliphatic heterocycles. The highest BCUT2D eigenvalue weighted by molar-refractivity contribution is 5.67. The van der Waals surface area contributed by atoms with Gasteiger partial charge >= 0.3 is 6.09 Å². The number of nitrogens with zero attached hydrogens (tertiary/aromatic N) is 2. The molecule has 0 bridgehead atoms. The van der Waals surface area contributed by atoms with Crippen molar-refractivity contribution in [3.63, 3.8) is 0 Å². The lowest BCUT2D eigenvalue weighted by Crippen LogP contribution is -2.49. The number of benzene rings is 1. The van der Waals surface area contributed by atoms with Crippen LogP contribution in [0.2, 0.25) is 0 Å². The average molecular weight is 248 g/mol. The van der Waals surface area contributed by atoms with Gasteiger partial charge in [-0.3, -0.25) is 0 Å². The number of carbonyl (C=O) groups excluding carboxylic acids is 1. The van der Waals surface area contributed by atoms with Crippen molar-refractivity contribution in [2.75, 3.05) is 33.7 Å². The molecule has 0 spiro atoms. The van der Waals surface area contributed by atoms with Crippen molar-refractivity contribution in [3.8, 4) is 0 Å². The van der Waals surface area contributed by atoms with E-state index in [9.17, 15) is 4.79 Å². The molecule has 1 fully saturated rings. The Morgan fingerprint density at radius 2 is 2.06 bits per heavy atom. The van der Waals surface area contributed by atoms with Gasteiger partial charge in [-0.2, -0.15) is 0 Å². The van der Waals surface area contributed by atoms with Gasteiger partial charge < -0.3 is 14.5 Å². The van der Waals surface area contributed by atoms with Crippen LogP contribution in [0.25, 0.3) is 0 Å². The Labute approximate surface area is 108 Å². The second-order valence-corrected chi connectivity index (χ2v) is 5.01. The Balaban J connectivity index is 1.71. The van der Waals surface area contributed by atoms with Crippen molar-refractivity contribution in [2.45, 2.75) is 6.61 Å². The van der Waals surface area contributed by atoms with E-state index in [0.717, 1.165) is 25.2 Å². The summed E-state index contributed by atoms with van der Waals surface area (Å²) in [5, 5.41) is 0. The Kier molecular flexibility index (Phi) is 4.20. The van der Waals surface area contributed by atoms with E-state index in [1.165, 1.54) is 0 Å². The maximum atomic E-state index is 11.8. The Hall–Kier alpha value is -1.55. The van der Waals surface area contributed by atoms with E-state index in [1.807, 2.05) is 30.3 Å². The topological polar surface area (TPSA) is 32.8 Å². The van der Waals surface area contributed by atoms with Gasteiger partial charge in [-0.1, -0.05) is 30.3 Å². The SMILES string of the molecule is CN1CC(CN(C)C(=O)OCc2ccccc2)C1. The molecule has 1 saturated heterocycles. The minimum atomic E-state index is -0.242. The largest absolute Gasteiger partial charge is 0.445 e. The Bertz CT molecular complexity index is 388. The van der Waals surface area contributed by atoms with Gasteiger partial charge in [0.2, 0.25) is 0 Å². The van der Waals surface area contributed by atoms with Crippen LogP contribution >= 0.6 is 0 Å². The van der Waals surface area contributed by atoms with Gasteiger partial charge in [-0.25, -0.2) is 4.79 Å². The van der Waals surface area contributed by atoms with Crippen LogP contribution in [0.15, 0.2) is 30.3 Å². The van der Waals surface area contributed by atoms with E-state index in [-0.39, 0.29) is 6.09 Å². The van der Waals surface area contributed by atoms with Crippen LogP contribution in [0.4, 0.5) is 4.79 Å². The molecule has 4 nitrogen and oxygen atoms in total. The molecule has 0 N–H and O–H groups in total. The summed E-state index contributed by atoms with van der Waals surface area (Å²) >= 11 is 0. The molecule has 98 valence electrons. The maximum Gasteiger partial charge on any atom is 0.409 e. The normalized spacial score (nSPS) is 16.1. The number of amides is 1. The van der Waals surface area contributed by atoms with Crippen LogP contribution in [0.1, 0.15) is 5.56 Å². The van der Waals surface area contributed by atoms with Gasteiger partial charge in [0.05, 0.1) is 0 Å². The summed E-state index contributed by atoms with van der Waals surface area (Å²) in [6, 6.07) is 9.74. The molecule has 1 amide bonds. The van der Waals surface area contributed by atoms with Crippen molar-refractivity contribution < 1.29 is 9.53 Å². The lowest BCUT2D eigenvalue weighted by Gasteiger charge is -2.38. The van der Waals surface area contributed by atoms with Gasteiger partial charge in [0.1, 0.15) is 6.61 Å². The summed E-state index contributed by atoms with van der Waals surface area (Å²) in [7, 11) is 3.88. The summed E-state index contributed by atoms with van der Waals surface area (Å²) in [5.74, 6) is 0.587. The number of hydrogen-bond donors (Lipinski definition) is 0. The molecule has 2 rings (SSSR count). The van der Waals surface area contributed by atoms with Crippen molar-refractivity contribution in [1.29, 1.82) is 0 Å². The van der Waals surface area contributed by atoms with Gasteiger partial charge in [0, 0.05) is 32.6 Å². The van der Waals surface area contributed by atoms with E-state index in [1.54, 1.807) is 11.9 Å². The maximum absolute atomic E-state index is 11.8. The fourth-order valence-electron chi connectivity index (χ4n) is 2.23. The smallest absolute Gasteiger partial charge is 0.409 e. The fourth-order valence-corrected chi connectivity index (χ4v) is 2.23. The quantitative estimate of drug-likeness (QED) is 0.814. The van der Waals surface area contributed by atoms with Gasteiger partial charge in [-0.05, 0) is 12.6 Å². The van der Waals surface area contributed by atoms with E-state index in [2.05, 4.69) is 11.9 Å². The lowest BCUT2D eigenvalue weighted by molar-refractivity contribution is 0.0713. The van der Waals surface area contributed by atoms with Crippen LogP contribution in [0, 0.1) is 5.92 Å². The first-order valence-electron chi connectivity index (χ1n) is 6.25. The van der Waals surface area contributed by atoms with E-state index in [4.69, 9.17) is 4.74 Å². The third kappa shape index (κ3) is 3.47. The van der Waals surface area contributed by atoms with Crippen LogP contribution < -0.4 is 0 Å². The Morgan fingerprint density at radius 3 is 2.67 bits per heavy atom. The standard InChI is InChI=1S/C14H20N2O2/c1-15-8-13(9-15)10-16(2)14(17)18-11-12-6-4-3-5-7-12/h3-7,13H,8-11H2,1-2H3. The van der Waals surface area contributed by atoms with Crippen LogP contribution in [-0.2, 0) is 11.3 Å². The zero-order valence-electron chi connectivity index (χ0n) is 11.0. The molecule has 4 heteroatoms. The summed E-state index contributed by atoms with van der Waals surface area (Å²) in [6.45, 7) is 3.25. The monoisotopic (exact) mass is 248 g/mol. The molecule has 18 heavy (non-hydrogen) atoms. The molecule has 1 aromatic rings. The highest BCUT2D eigenvalue weighted by atomic mass is 16.6. The van der Waals surface area contributed by atoms with Crippen LogP contribution in [0.5, 0.6) is 0 Å². The minimum absolute atomic E-state index is 0.242. The van der Waals surface area contributed by atoms with E-state index in [0.29, 0.717) is 12.5 Å². The first-order valence-corrected chi connectivity index (χ1v) is 6.25. The van der Waals surface area contributed by atoms with Crippen molar-refractivity contribution in [1.82, 2.24) is 9.80 Å². The molecular formula is C14H20N2O2. The van der Waals surface area contributed by atoms with E-state index >= 15 is 0 Å². The molecule has 1 heterocycles. The van der Waals surface area contributed by atoms with Crippen molar-refractivity contribution >= 4 is 6.09 Å². The molecule has 0 unspecified atom stereocenters. The second kappa shape index (κ2) is 5.87. The third-order valence-corrected chi connectivity index (χ3v) is 3.19. The molecule has 0 atom stereocenters. The average Bonchev–Trinajstić information content (AvgIpc) is 2.35. The number of ether oxygens (including phenoxy) is 1. The highest BCUT2D eigenvalue weighted by Gasteiger charge is 2.26. The van der Waals surface area contributed by atoms with E-state index < -0.39 is 0 Å². The predicted molar refractivity (Wildman–Crippen MR) is 70.2 cm³/mol. The minimum Gasteiger partial charge on any atom is -0.445 e.